The van der Waals surface area contributed by atoms with Crippen LogP contribution in [-0.4, -0.2) is 25.7 Å². The fraction of sp³-hybridized carbons (Fsp3) is 0.900. The highest BCUT2D eigenvalue weighted by Gasteiger charge is 2.40. The van der Waals surface area contributed by atoms with Gasteiger partial charge >= 0.3 is 5.97 Å². The molecule has 76 valence electrons. The average Bonchev–Trinajstić information content (AvgIpc) is 2.49. The van der Waals surface area contributed by atoms with Crippen LogP contribution in [0.2, 0.25) is 0 Å². The van der Waals surface area contributed by atoms with Crippen LogP contribution in [-0.2, 0) is 9.53 Å². The molecule has 13 heavy (non-hydrogen) atoms. The zero-order valence-electron chi connectivity index (χ0n) is 8.89. The molecule has 3 heteroatoms. The van der Waals surface area contributed by atoms with E-state index in [0.29, 0.717) is 5.92 Å². The normalized spacial score (nSPS) is 28.9. The summed E-state index contributed by atoms with van der Waals surface area (Å²) in [6, 6.07) is -0.106. The number of methoxy groups -OCH3 is 1. The zero-order valence-corrected chi connectivity index (χ0v) is 8.89. The van der Waals surface area contributed by atoms with Crippen molar-refractivity contribution < 1.29 is 9.53 Å². The Morgan fingerprint density at radius 2 is 2.08 bits per heavy atom. The Bertz CT molecular complexity index is 196. The van der Waals surface area contributed by atoms with E-state index >= 15 is 0 Å². The van der Waals surface area contributed by atoms with Gasteiger partial charge in [0.2, 0.25) is 0 Å². The molecule has 1 saturated heterocycles. The van der Waals surface area contributed by atoms with E-state index in [4.69, 9.17) is 4.74 Å². The lowest BCUT2D eigenvalue weighted by atomic mass is 9.76. The van der Waals surface area contributed by atoms with Gasteiger partial charge in [0.1, 0.15) is 6.04 Å². The Balaban J connectivity index is 2.70. The lowest BCUT2D eigenvalue weighted by Gasteiger charge is -2.30. The molecular formula is C10H19NO2. The number of ether oxygens (including phenoxy) is 1. The minimum atomic E-state index is -0.127. The summed E-state index contributed by atoms with van der Waals surface area (Å²) in [6.45, 7) is 7.42. The molecule has 1 aliphatic heterocycles. The monoisotopic (exact) mass is 185 g/mol. The van der Waals surface area contributed by atoms with Gasteiger partial charge in [0.05, 0.1) is 7.11 Å². The molecule has 0 radical (unpaired) electrons. The first kappa shape index (κ1) is 10.5. The molecule has 0 aromatic carbocycles. The van der Waals surface area contributed by atoms with Crippen molar-refractivity contribution in [2.24, 2.45) is 11.3 Å². The third-order valence-electron chi connectivity index (χ3n) is 2.79. The van der Waals surface area contributed by atoms with Crippen LogP contribution in [0.15, 0.2) is 0 Å². The number of hydrogen-bond donors (Lipinski definition) is 1. The molecule has 0 bridgehead atoms. The maximum absolute atomic E-state index is 11.4. The predicted octanol–water partition coefficient (Wildman–Crippen LogP) is 1.18. The molecule has 1 heterocycles. The molecule has 1 rings (SSSR count). The Labute approximate surface area is 79.8 Å². The second-order valence-corrected chi connectivity index (χ2v) is 4.72. The van der Waals surface area contributed by atoms with E-state index in [1.165, 1.54) is 7.11 Å². The van der Waals surface area contributed by atoms with E-state index in [1.807, 2.05) is 0 Å². The standard InChI is InChI=1S/C10H19NO2/c1-10(2,3)7-5-6-11-8(7)9(12)13-4/h7-8,11H,5-6H2,1-4H3. The van der Waals surface area contributed by atoms with Crippen molar-refractivity contribution in [2.75, 3.05) is 13.7 Å². The smallest absolute Gasteiger partial charge is 0.323 e. The largest absolute Gasteiger partial charge is 0.468 e. The molecule has 0 aromatic heterocycles. The van der Waals surface area contributed by atoms with Gasteiger partial charge in [-0.1, -0.05) is 20.8 Å². The predicted molar refractivity (Wildman–Crippen MR) is 51.4 cm³/mol. The molecule has 1 N–H and O–H groups in total. The van der Waals surface area contributed by atoms with Crippen LogP contribution >= 0.6 is 0 Å². The molecular weight excluding hydrogens is 166 g/mol. The van der Waals surface area contributed by atoms with Crippen LogP contribution in [0.1, 0.15) is 27.2 Å². The Hall–Kier alpha value is -0.570. The Kier molecular flexibility index (Phi) is 2.96. The van der Waals surface area contributed by atoms with Gasteiger partial charge in [0, 0.05) is 0 Å². The number of nitrogens with one attached hydrogen (secondary N) is 1. The first-order valence-corrected chi connectivity index (χ1v) is 4.78. The number of hydrogen-bond acceptors (Lipinski definition) is 3. The summed E-state index contributed by atoms with van der Waals surface area (Å²) in [6.07, 6.45) is 1.06. The quantitative estimate of drug-likeness (QED) is 0.623. The zero-order chi connectivity index (χ0) is 10.1. The minimum Gasteiger partial charge on any atom is -0.468 e. The first-order valence-electron chi connectivity index (χ1n) is 4.78. The second kappa shape index (κ2) is 3.66. The highest BCUT2D eigenvalue weighted by Crippen LogP contribution is 2.34. The molecule has 0 spiro atoms. The fourth-order valence-electron chi connectivity index (χ4n) is 2.01. The van der Waals surface area contributed by atoms with Crippen molar-refractivity contribution >= 4 is 5.97 Å². The molecule has 0 aliphatic carbocycles. The average molecular weight is 185 g/mol. The molecule has 3 nitrogen and oxygen atoms in total. The Morgan fingerprint density at radius 1 is 1.46 bits per heavy atom. The number of esters is 1. The molecule has 0 aromatic rings. The van der Waals surface area contributed by atoms with Crippen molar-refractivity contribution in [3.05, 3.63) is 0 Å². The van der Waals surface area contributed by atoms with Crippen LogP contribution in [0.4, 0.5) is 0 Å². The number of carbonyl (C=O) groups excluding carboxylic acids is 1. The summed E-state index contributed by atoms with van der Waals surface area (Å²) >= 11 is 0. The van der Waals surface area contributed by atoms with Gasteiger partial charge in [-0.05, 0) is 24.3 Å². The van der Waals surface area contributed by atoms with Crippen molar-refractivity contribution in [1.29, 1.82) is 0 Å². The van der Waals surface area contributed by atoms with Gasteiger partial charge < -0.3 is 10.1 Å². The summed E-state index contributed by atoms with van der Waals surface area (Å²) in [7, 11) is 1.45. The maximum atomic E-state index is 11.4. The molecule has 1 fully saturated rings. The van der Waals surface area contributed by atoms with E-state index < -0.39 is 0 Å². The summed E-state index contributed by atoms with van der Waals surface area (Å²) in [4.78, 5) is 11.4. The lowest BCUT2D eigenvalue weighted by molar-refractivity contribution is -0.144. The third kappa shape index (κ3) is 2.21. The maximum Gasteiger partial charge on any atom is 0.323 e. The molecule has 0 amide bonds. The van der Waals surface area contributed by atoms with Crippen molar-refractivity contribution in [1.82, 2.24) is 5.32 Å². The van der Waals surface area contributed by atoms with Crippen molar-refractivity contribution in [3.8, 4) is 0 Å². The van der Waals surface area contributed by atoms with Crippen molar-refractivity contribution in [3.63, 3.8) is 0 Å². The topological polar surface area (TPSA) is 38.3 Å². The van der Waals surface area contributed by atoms with E-state index in [2.05, 4.69) is 26.1 Å². The van der Waals surface area contributed by atoms with Crippen LogP contribution < -0.4 is 5.32 Å². The highest BCUT2D eigenvalue weighted by atomic mass is 16.5. The number of rotatable bonds is 1. The fourth-order valence-corrected chi connectivity index (χ4v) is 2.01. The van der Waals surface area contributed by atoms with Crippen LogP contribution in [0.25, 0.3) is 0 Å². The summed E-state index contributed by atoms with van der Waals surface area (Å²) in [5, 5.41) is 3.19. The van der Waals surface area contributed by atoms with Gasteiger partial charge in [0.25, 0.3) is 0 Å². The second-order valence-electron chi connectivity index (χ2n) is 4.72. The molecule has 1 aliphatic rings. The van der Waals surface area contributed by atoms with E-state index in [-0.39, 0.29) is 17.4 Å². The molecule has 2 unspecified atom stereocenters. The summed E-state index contributed by atoms with van der Waals surface area (Å²) in [5.41, 5.74) is 0.169. The molecule has 2 atom stereocenters. The van der Waals surface area contributed by atoms with E-state index in [0.717, 1.165) is 13.0 Å². The van der Waals surface area contributed by atoms with Crippen LogP contribution in [0, 0.1) is 11.3 Å². The van der Waals surface area contributed by atoms with Gasteiger partial charge in [-0.2, -0.15) is 0 Å². The van der Waals surface area contributed by atoms with Crippen LogP contribution in [0.5, 0.6) is 0 Å². The van der Waals surface area contributed by atoms with Gasteiger partial charge in [0.15, 0.2) is 0 Å². The minimum absolute atomic E-state index is 0.106. The van der Waals surface area contributed by atoms with E-state index in [1.54, 1.807) is 0 Å². The summed E-state index contributed by atoms with van der Waals surface area (Å²) < 4.78 is 4.76. The van der Waals surface area contributed by atoms with Gasteiger partial charge in [-0.25, -0.2) is 0 Å². The SMILES string of the molecule is COC(=O)C1NCCC1C(C)(C)C. The lowest BCUT2D eigenvalue weighted by Crippen LogP contribution is -2.41. The highest BCUT2D eigenvalue weighted by molar-refractivity contribution is 5.76. The van der Waals surface area contributed by atoms with Crippen molar-refractivity contribution in [2.45, 2.75) is 33.2 Å². The third-order valence-corrected chi connectivity index (χ3v) is 2.79. The number of carbonyl (C=O) groups is 1. The molecule has 0 saturated carbocycles. The van der Waals surface area contributed by atoms with Crippen LogP contribution in [0.3, 0.4) is 0 Å². The first-order chi connectivity index (χ1) is 5.96. The van der Waals surface area contributed by atoms with Gasteiger partial charge in [-0.3, -0.25) is 4.79 Å². The Morgan fingerprint density at radius 3 is 2.54 bits per heavy atom. The van der Waals surface area contributed by atoms with E-state index in [9.17, 15) is 4.79 Å². The summed E-state index contributed by atoms with van der Waals surface area (Å²) in [5.74, 6) is 0.261. The van der Waals surface area contributed by atoms with Gasteiger partial charge in [-0.15, -0.1) is 0 Å².